The molecule has 0 spiro atoms. The van der Waals surface area contributed by atoms with E-state index >= 15 is 0 Å². The zero-order valence-electron chi connectivity index (χ0n) is 17.5. The maximum absolute atomic E-state index is 12.2. The quantitative estimate of drug-likeness (QED) is 0.482. The molecule has 0 aromatic heterocycles. The number of carbonyl (C=O) groups excluding carboxylic acids is 1. The van der Waals surface area contributed by atoms with Gasteiger partial charge in [-0.25, -0.2) is 0 Å². The molecule has 2 N–H and O–H groups in total. The Labute approximate surface area is 178 Å². The van der Waals surface area contributed by atoms with Crippen molar-refractivity contribution in [2.75, 3.05) is 6.54 Å². The van der Waals surface area contributed by atoms with Crippen molar-refractivity contribution < 1.29 is 14.7 Å². The molecule has 152 valence electrons. The molecule has 2 aromatic rings. The Kier molecular flexibility index (Phi) is 8.38. The van der Waals surface area contributed by atoms with Gasteiger partial charge in [-0.3, -0.25) is 9.59 Å². The Balaban J connectivity index is 2.16. The summed E-state index contributed by atoms with van der Waals surface area (Å²) < 4.78 is 0. The first-order chi connectivity index (χ1) is 13.7. The van der Waals surface area contributed by atoms with Crippen LogP contribution in [0.4, 0.5) is 0 Å². The van der Waals surface area contributed by atoms with Crippen LogP contribution in [0.1, 0.15) is 59.0 Å². The lowest BCUT2D eigenvalue weighted by Gasteiger charge is -2.21. The van der Waals surface area contributed by atoms with Gasteiger partial charge >= 0.3 is 5.97 Å². The highest BCUT2D eigenvalue weighted by molar-refractivity contribution is 7.99. The Hall–Kier alpha value is -2.21. The van der Waals surface area contributed by atoms with Crippen molar-refractivity contribution in [2.24, 2.45) is 5.92 Å². The lowest BCUT2D eigenvalue weighted by molar-refractivity contribution is -0.136. The van der Waals surface area contributed by atoms with Gasteiger partial charge in [-0.15, -0.1) is 11.8 Å². The zero-order valence-corrected chi connectivity index (χ0v) is 18.3. The van der Waals surface area contributed by atoms with Crippen molar-refractivity contribution in [1.29, 1.82) is 0 Å². The molecule has 0 aliphatic heterocycles. The van der Waals surface area contributed by atoms with Crippen LogP contribution in [0.3, 0.4) is 0 Å². The lowest BCUT2D eigenvalue weighted by atomic mass is 9.87. The smallest absolute Gasteiger partial charge is 0.305 e. The molecular formula is C23H28BNO3S. The first-order valence-electron chi connectivity index (χ1n) is 9.80. The summed E-state index contributed by atoms with van der Waals surface area (Å²) in [5.74, 6) is -0.652. The molecule has 0 heterocycles. The number of rotatable bonds is 9. The summed E-state index contributed by atoms with van der Waals surface area (Å²) in [7, 11) is 6.09. The van der Waals surface area contributed by atoms with E-state index in [9.17, 15) is 9.59 Å². The van der Waals surface area contributed by atoms with Crippen LogP contribution in [0.5, 0.6) is 0 Å². The van der Waals surface area contributed by atoms with E-state index in [0.717, 1.165) is 28.6 Å². The van der Waals surface area contributed by atoms with E-state index in [1.807, 2.05) is 37.7 Å². The van der Waals surface area contributed by atoms with E-state index in [-0.39, 0.29) is 24.1 Å². The number of aryl methyl sites for hydroxylation is 2. The van der Waals surface area contributed by atoms with Crippen LogP contribution in [0, 0.1) is 19.8 Å². The topological polar surface area (TPSA) is 66.4 Å². The monoisotopic (exact) mass is 409 g/mol. The minimum atomic E-state index is -0.928. The third-order valence-corrected chi connectivity index (χ3v) is 5.96. The van der Waals surface area contributed by atoms with Crippen molar-refractivity contribution in [3.63, 3.8) is 0 Å². The van der Waals surface area contributed by atoms with Crippen LogP contribution in [-0.2, 0) is 4.79 Å². The molecule has 1 unspecified atom stereocenters. The molecule has 6 heteroatoms. The van der Waals surface area contributed by atoms with Crippen molar-refractivity contribution in [1.82, 2.24) is 5.32 Å². The maximum Gasteiger partial charge on any atom is 0.305 e. The first-order valence-corrected chi connectivity index (χ1v) is 10.7. The van der Waals surface area contributed by atoms with Gasteiger partial charge in [0, 0.05) is 22.3 Å². The number of aliphatic carboxylic acids is 1. The highest BCUT2D eigenvalue weighted by atomic mass is 32.2. The van der Waals surface area contributed by atoms with Gasteiger partial charge in [0.1, 0.15) is 7.85 Å². The summed E-state index contributed by atoms with van der Waals surface area (Å²) in [5, 5.41) is 11.6. The van der Waals surface area contributed by atoms with Gasteiger partial charge < -0.3 is 10.4 Å². The highest BCUT2D eigenvalue weighted by Gasteiger charge is 2.17. The van der Waals surface area contributed by atoms with Crippen molar-refractivity contribution in [3.8, 4) is 0 Å². The highest BCUT2D eigenvalue weighted by Crippen LogP contribution is 2.40. The third kappa shape index (κ3) is 6.96. The largest absolute Gasteiger partial charge is 0.481 e. The van der Waals surface area contributed by atoms with E-state index in [4.69, 9.17) is 13.0 Å². The number of thioether (sulfide) groups is 1. The number of nitrogens with one attached hydrogen (secondary N) is 1. The van der Waals surface area contributed by atoms with Gasteiger partial charge in [0.05, 0.1) is 6.42 Å². The van der Waals surface area contributed by atoms with Gasteiger partial charge in [0.15, 0.2) is 0 Å². The molecule has 0 aliphatic rings. The summed E-state index contributed by atoms with van der Waals surface area (Å²) in [6.07, 6.45) is 0.925. The second kappa shape index (κ2) is 10.5. The summed E-state index contributed by atoms with van der Waals surface area (Å²) in [5.41, 5.74) is 4.71. The van der Waals surface area contributed by atoms with Crippen molar-refractivity contribution >= 4 is 36.9 Å². The predicted molar refractivity (Wildman–Crippen MR) is 120 cm³/mol. The molecule has 1 amide bonds. The number of carboxylic acid groups (broad SMARTS) is 1. The summed E-state index contributed by atoms with van der Waals surface area (Å²) in [4.78, 5) is 23.9. The maximum atomic E-state index is 12.2. The molecule has 0 bridgehead atoms. The number of hydrogen-bond acceptors (Lipinski definition) is 3. The van der Waals surface area contributed by atoms with E-state index < -0.39 is 5.97 Å². The number of hydrogen-bond donors (Lipinski definition) is 2. The standard InChI is InChI=1S/C23H28BNO3S/c1-14(2)11-20(29-19-12-15(3)22(24)16(4)13-19)17-5-7-18(8-6-17)23(28)25-10-9-21(26)27/h5-8,12-14,20H,9-11H2,1-4H3,(H,25,28)(H,26,27). The molecule has 0 saturated heterocycles. The van der Waals surface area contributed by atoms with Crippen LogP contribution < -0.4 is 10.8 Å². The molecule has 0 aliphatic carbocycles. The Morgan fingerprint density at radius 3 is 2.21 bits per heavy atom. The molecule has 2 radical (unpaired) electrons. The van der Waals surface area contributed by atoms with Crippen LogP contribution in [0.2, 0.25) is 0 Å². The fourth-order valence-corrected chi connectivity index (χ4v) is 4.67. The van der Waals surface area contributed by atoms with Crippen LogP contribution in [0.25, 0.3) is 0 Å². The summed E-state index contributed by atoms with van der Waals surface area (Å²) in [6.45, 7) is 8.59. The molecule has 2 aromatic carbocycles. The van der Waals surface area contributed by atoms with Gasteiger partial charge in [-0.2, -0.15) is 0 Å². The number of carboxylic acids is 1. The second-order valence-electron chi connectivity index (χ2n) is 7.73. The average Bonchev–Trinajstić information content (AvgIpc) is 2.65. The fraction of sp³-hybridized carbons (Fsp3) is 0.391. The van der Waals surface area contributed by atoms with Gasteiger partial charge in [-0.05, 0) is 56.0 Å². The molecule has 0 saturated carbocycles. The molecule has 1 atom stereocenters. The lowest BCUT2D eigenvalue weighted by Crippen LogP contribution is -2.25. The molecule has 0 fully saturated rings. The molecule has 4 nitrogen and oxygen atoms in total. The van der Waals surface area contributed by atoms with Crippen LogP contribution >= 0.6 is 11.8 Å². The van der Waals surface area contributed by atoms with Gasteiger partial charge in [0.25, 0.3) is 5.91 Å². The number of benzene rings is 2. The van der Waals surface area contributed by atoms with Crippen LogP contribution in [0.15, 0.2) is 41.3 Å². The van der Waals surface area contributed by atoms with E-state index in [0.29, 0.717) is 11.5 Å². The average molecular weight is 409 g/mol. The Morgan fingerprint density at radius 2 is 1.69 bits per heavy atom. The minimum absolute atomic E-state index is 0.0860. The SMILES string of the molecule is [B]c1c(C)cc(SC(CC(C)C)c2ccc(C(=O)NCCC(=O)O)cc2)cc1C. The van der Waals surface area contributed by atoms with Crippen molar-refractivity contribution in [3.05, 3.63) is 58.7 Å². The first kappa shape index (κ1) is 23.1. The zero-order chi connectivity index (χ0) is 21.6. The van der Waals surface area contributed by atoms with Gasteiger partial charge in [0.2, 0.25) is 0 Å². The predicted octanol–water partition coefficient (Wildman–Crippen LogP) is 4.18. The molecular weight excluding hydrogens is 381 g/mol. The number of amides is 1. The Bertz CT molecular complexity index is 842. The van der Waals surface area contributed by atoms with Crippen molar-refractivity contribution in [2.45, 2.75) is 50.7 Å². The third-order valence-electron chi connectivity index (χ3n) is 4.70. The second-order valence-corrected chi connectivity index (χ2v) is 9.00. The minimum Gasteiger partial charge on any atom is -0.481 e. The van der Waals surface area contributed by atoms with E-state index in [1.54, 1.807) is 12.1 Å². The van der Waals surface area contributed by atoms with E-state index in [2.05, 4.69) is 31.3 Å². The molecule has 2 rings (SSSR count). The van der Waals surface area contributed by atoms with Gasteiger partial charge in [-0.1, -0.05) is 42.6 Å². The molecule has 29 heavy (non-hydrogen) atoms. The number of carbonyl (C=O) groups is 2. The summed E-state index contributed by atoms with van der Waals surface area (Å²) >= 11 is 1.82. The van der Waals surface area contributed by atoms with Crippen LogP contribution in [-0.4, -0.2) is 31.4 Å². The van der Waals surface area contributed by atoms with E-state index in [1.165, 1.54) is 4.90 Å². The summed E-state index contributed by atoms with van der Waals surface area (Å²) in [6, 6.07) is 11.8. The Morgan fingerprint density at radius 1 is 1.10 bits per heavy atom. The normalized spacial score (nSPS) is 12.0. The fourth-order valence-electron chi connectivity index (χ4n) is 3.08.